The lowest BCUT2D eigenvalue weighted by Gasteiger charge is -2.49. The first kappa shape index (κ1) is 16.5. The molecule has 0 aliphatic heterocycles. The third-order valence-corrected chi connectivity index (χ3v) is 6.14. The van der Waals surface area contributed by atoms with Crippen LogP contribution in [0.1, 0.15) is 54.4 Å². The Morgan fingerprint density at radius 1 is 0.640 bits per heavy atom. The molecule has 130 valence electrons. The van der Waals surface area contributed by atoms with E-state index in [1.54, 1.807) is 62.8 Å². The van der Waals surface area contributed by atoms with Crippen LogP contribution in [0.4, 0.5) is 4.39 Å². The van der Waals surface area contributed by atoms with Gasteiger partial charge in [0.1, 0.15) is 5.82 Å². The summed E-state index contributed by atoms with van der Waals surface area (Å²) in [5.74, 6) is 4.29. The van der Waals surface area contributed by atoms with Crippen molar-refractivity contribution >= 4 is 5.78 Å². The Morgan fingerprint density at radius 2 is 1.04 bits per heavy atom. The lowest BCUT2D eigenvalue weighted by Crippen LogP contribution is -2.38. The highest BCUT2D eigenvalue weighted by Gasteiger charge is 2.41. The average Bonchev–Trinajstić information content (AvgIpc) is 2.62. The van der Waals surface area contributed by atoms with Crippen molar-refractivity contribution < 1.29 is 9.18 Å². The summed E-state index contributed by atoms with van der Waals surface area (Å²) in [7, 11) is 0. The number of halogens is 1. The lowest BCUT2D eigenvalue weighted by atomic mass is 9.56. The van der Waals surface area contributed by atoms with Gasteiger partial charge in [-0.1, -0.05) is 30.3 Å². The predicted molar refractivity (Wildman–Crippen MR) is 97.9 cm³/mol. The lowest BCUT2D eigenvalue weighted by molar-refractivity contribution is 0.0198. The predicted octanol–water partition coefficient (Wildman–Crippen LogP) is 5.89. The average molecular weight is 336 g/mol. The van der Waals surface area contributed by atoms with Crippen LogP contribution in [0.25, 0.3) is 0 Å². The van der Waals surface area contributed by atoms with Crippen LogP contribution in [0, 0.1) is 29.5 Å². The summed E-state index contributed by atoms with van der Waals surface area (Å²) < 4.78 is 12.6. The molecule has 2 aromatic rings. The summed E-state index contributed by atoms with van der Waals surface area (Å²) in [5.41, 5.74) is 1.12. The highest BCUT2D eigenvalue weighted by atomic mass is 19.1. The van der Waals surface area contributed by atoms with E-state index >= 15 is 0 Å². The normalized spacial score (nSPS) is 29.0. The molecule has 0 radical (unpaired) electrons. The van der Waals surface area contributed by atoms with Gasteiger partial charge < -0.3 is 0 Å². The highest BCUT2D eigenvalue weighted by molar-refractivity contribution is 6.08. The fraction of sp³-hybridized carbons (Fsp3) is 0.435. The van der Waals surface area contributed by atoms with Crippen molar-refractivity contribution in [2.75, 3.05) is 0 Å². The van der Waals surface area contributed by atoms with Gasteiger partial charge in [0.2, 0.25) is 0 Å². The topological polar surface area (TPSA) is 17.1 Å². The van der Waals surface area contributed by atoms with E-state index in [0.717, 1.165) is 0 Å². The molecule has 0 spiro atoms. The third-order valence-electron chi connectivity index (χ3n) is 6.14. The van der Waals surface area contributed by atoms with E-state index in [0.29, 0.717) is 11.1 Å². The summed E-state index contributed by atoms with van der Waals surface area (Å²) in [6.45, 7) is 0. The van der Waals surface area contributed by atoms with Gasteiger partial charge in [-0.15, -0.1) is 0 Å². The Bertz CT molecular complexity index is 663. The van der Waals surface area contributed by atoms with E-state index < -0.39 is 0 Å². The minimum Gasteiger partial charge on any atom is -0.289 e. The van der Waals surface area contributed by atoms with Crippen LogP contribution in [0.2, 0.25) is 0 Å². The van der Waals surface area contributed by atoms with Gasteiger partial charge in [-0.05, 0) is 86.5 Å². The SMILES string of the molecule is C1C2CC3CC1CC(C2)C3.O=C(c1ccccc1)c1ccc(F)cc1. The molecule has 0 atom stereocenters. The fourth-order valence-corrected chi connectivity index (χ4v) is 5.34. The fourth-order valence-electron chi connectivity index (χ4n) is 5.34. The van der Waals surface area contributed by atoms with Gasteiger partial charge in [0.25, 0.3) is 0 Å². The van der Waals surface area contributed by atoms with Gasteiger partial charge in [0.15, 0.2) is 5.78 Å². The molecule has 4 aliphatic rings. The maximum atomic E-state index is 12.6. The molecule has 6 rings (SSSR count). The number of carbonyl (C=O) groups excluding carboxylic acids is 1. The molecule has 25 heavy (non-hydrogen) atoms. The number of ketones is 1. The highest BCUT2D eigenvalue weighted by Crippen LogP contribution is 2.53. The third kappa shape index (κ3) is 3.84. The second-order valence-corrected chi connectivity index (χ2v) is 8.08. The quantitative estimate of drug-likeness (QED) is 0.625. The molecular weight excluding hydrogens is 311 g/mol. The van der Waals surface area contributed by atoms with Crippen molar-refractivity contribution in [3.05, 3.63) is 71.5 Å². The van der Waals surface area contributed by atoms with Crippen molar-refractivity contribution in [3.8, 4) is 0 Å². The zero-order valence-corrected chi connectivity index (χ0v) is 14.5. The second-order valence-electron chi connectivity index (χ2n) is 8.08. The standard InChI is InChI=1S/C13H9FO.C10H16/c14-12-8-6-11(7-9-12)13(15)10-4-2-1-3-5-10;1-7-2-9-4-8(1)5-10(3-7)6-9/h1-9H;7-10H,1-6H2. The van der Waals surface area contributed by atoms with Gasteiger partial charge in [-0.3, -0.25) is 4.79 Å². The molecule has 0 aromatic heterocycles. The zero-order valence-electron chi connectivity index (χ0n) is 14.5. The van der Waals surface area contributed by atoms with Crippen molar-refractivity contribution in [1.82, 2.24) is 0 Å². The smallest absolute Gasteiger partial charge is 0.193 e. The van der Waals surface area contributed by atoms with Crippen molar-refractivity contribution in [2.24, 2.45) is 23.7 Å². The number of rotatable bonds is 2. The van der Waals surface area contributed by atoms with Gasteiger partial charge in [-0.25, -0.2) is 4.39 Å². The van der Waals surface area contributed by atoms with E-state index in [-0.39, 0.29) is 11.6 Å². The molecule has 2 heteroatoms. The van der Waals surface area contributed by atoms with Crippen LogP contribution >= 0.6 is 0 Å². The van der Waals surface area contributed by atoms with Crippen molar-refractivity contribution in [3.63, 3.8) is 0 Å². The Morgan fingerprint density at radius 3 is 1.48 bits per heavy atom. The summed E-state index contributed by atoms with van der Waals surface area (Å²) in [6, 6.07) is 14.5. The van der Waals surface area contributed by atoms with Crippen molar-refractivity contribution in [1.29, 1.82) is 0 Å². The first-order chi connectivity index (χ1) is 12.2. The van der Waals surface area contributed by atoms with E-state index in [9.17, 15) is 9.18 Å². The van der Waals surface area contributed by atoms with Gasteiger partial charge in [0, 0.05) is 11.1 Å². The Kier molecular flexibility index (Phi) is 4.70. The van der Waals surface area contributed by atoms with Gasteiger partial charge in [-0.2, -0.15) is 0 Å². The van der Waals surface area contributed by atoms with E-state index in [1.807, 2.05) is 6.07 Å². The van der Waals surface area contributed by atoms with Gasteiger partial charge >= 0.3 is 0 Å². The van der Waals surface area contributed by atoms with Crippen molar-refractivity contribution in [2.45, 2.75) is 38.5 Å². The molecular formula is C23H25FO. The molecule has 0 heterocycles. The second kappa shape index (κ2) is 7.11. The van der Waals surface area contributed by atoms with E-state index in [1.165, 1.54) is 47.9 Å². The molecule has 1 nitrogen and oxygen atoms in total. The Labute approximate surface area is 149 Å². The first-order valence-electron chi connectivity index (χ1n) is 9.52. The summed E-state index contributed by atoms with van der Waals surface area (Å²) in [6.07, 6.45) is 9.62. The maximum Gasteiger partial charge on any atom is 0.193 e. The van der Waals surface area contributed by atoms with E-state index in [4.69, 9.17) is 0 Å². The molecule has 4 saturated carbocycles. The Balaban J connectivity index is 0.000000134. The molecule has 4 fully saturated rings. The minimum atomic E-state index is -0.334. The van der Waals surface area contributed by atoms with Crippen LogP contribution in [0.5, 0.6) is 0 Å². The summed E-state index contributed by atoms with van der Waals surface area (Å²) >= 11 is 0. The number of carbonyl (C=O) groups is 1. The molecule has 0 amide bonds. The molecule has 0 saturated heterocycles. The monoisotopic (exact) mass is 336 g/mol. The van der Waals surface area contributed by atoms with E-state index in [2.05, 4.69) is 0 Å². The number of hydrogen-bond donors (Lipinski definition) is 0. The minimum absolute atomic E-state index is 0.0874. The van der Waals surface area contributed by atoms with Gasteiger partial charge in [0.05, 0.1) is 0 Å². The van der Waals surface area contributed by atoms with Crippen LogP contribution < -0.4 is 0 Å². The summed E-state index contributed by atoms with van der Waals surface area (Å²) in [5, 5.41) is 0. The molecule has 2 aromatic carbocycles. The summed E-state index contributed by atoms with van der Waals surface area (Å²) in [4.78, 5) is 11.8. The molecule has 4 aliphatic carbocycles. The van der Waals surface area contributed by atoms with Crippen LogP contribution in [0.3, 0.4) is 0 Å². The Hall–Kier alpha value is -1.96. The van der Waals surface area contributed by atoms with Crippen LogP contribution in [-0.4, -0.2) is 5.78 Å². The largest absolute Gasteiger partial charge is 0.289 e. The van der Waals surface area contributed by atoms with Crippen LogP contribution in [-0.2, 0) is 0 Å². The maximum absolute atomic E-state index is 12.6. The first-order valence-corrected chi connectivity index (χ1v) is 9.52. The number of benzene rings is 2. The molecule has 0 N–H and O–H groups in total. The van der Waals surface area contributed by atoms with Crippen LogP contribution in [0.15, 0.2) is 54.6 Å². The zero-order chi connectivity index (χ0) is 17.2. The molecule has 0 unspecified atom stereocenters. The molecule has 4 bridgehead atoms. The number of hydrogen-bond acceptors (Lipinski definition) is 1.